The molecule has 0 saturated heterocycles. The topological polar surface area (TPSA) is 46.3 Å². The second-order valence-corrected chi connectivity index (χ2v) is 5.63. The Balaban J connectivity index is 2.02. The number of carbonyl (C=O) groups is 1. The Morgan fingerprint density at radius 3 is 2.81 bits per heavy atom. The maximum absolute atomic E-state index is 12.9. The van der Waals surface area contributed by atoms with Crippen LogP contribution in [0.5, 0.6) is 0 Å². The second kappa shape index (κ2) is 5.70. The molecule has 1 aliphatic rings. The van der Waals surface area contributed by atoms with Gasteiger partial charge in [0, 0.05) is 23.8 Å². The molecule has 1 unspecified atom stereocenters. The number of aryl methyl sites for hydroxylation is 1. The maximum atomic E-state index is 12.9. The van der Waals surface area contributed by atoms with Gasteiger partial charge in [-0.1, -0.05) is 35.9 Å². The number of amides is 1. The molecule has 2 N–H and O–H groups in total. The van der Waals surface area contributed by atoms with Crippen LogP contribution < -0.4 is 10.6 Å². The molecular formula is C18H20N2O. The van der Waals surface area contributed by atoms with Gasteiger partial charge in [0.2, 0.25) is 0 Å². The van der Waals surface area contributed by atoms with Gasteiger partial charge in [0.1, 0.15) is 0 Å². The standard InChI is InChI=1S/C18H20N2O/c1-13-6-4-7-14(12-13)18(21)20-11-5-9-16(19)15-8-2-3-10-17(15)20/h2-4,6-8,10,12,16H,5,9,11,19H2,1H3. The number of carbonyl (C=O) groups excluding carboxylic acids is 1. The first-order chi connectivity index (χ1) is 10.2. The first kappa shape index (κ1) is 13.8. The van der Waals surface area contributed by atoms with Crippen LogP contribution in [-0.2, 0) is 0 Å². The van der Waals surface area contributed by atoms with Gasteiger partial charge in [0.15, 0.2) is 0 Å². The van der Waals surface area contributed by atoms with Crippen molar-refractivity contribution >= 4 is 11.6 Å². The lowest BCUT2D eigenvalue weighted by molar-refractivity contribution is 0.0987. The molecule has 1 aliphatic heterocycles. The average molecular weight is 280 g/mol. The Bertz CT molecular complexity index is 666. The summed E-state index contributed by atoms with van der Waals surface area (Å²) in [6.07, 6.45) is 1.84. The Morgan fingerprint density at radius 2 is 2.00 bits per heavy atom. The molecule has 1 amide bonds. The molecule has 1 heterocycles. The minimum atomic E-state index is 0.0107. The third kappa shape index (κ3) is 2.69. The Kier molecular flexibility index (Phi) is 3.76. The number of fused-ring (bicyclic) bond motifs is 1. The van der Waals surface area contributed by atoms with Crippen molar-refractivity contribution in [1.82, 2.24) is 0 Å². The lowest BCUT2D eigenvalue weighted by atomic mass is 10.0. The molecular weight excluding hydrogens is 260 g/mol. The number of hydrogen-bond donors (Lipinski definition) is 1. The second-order valence-electron chi connectivity index (χ2n) is 5.63. The summed E-state index contributed by atoms with van der Waals surface area (Å²) in [5.74, 6) is 0.0558. The number of anilines is 1. The van der Waals surface area contributed by atoms with Crippen molar-refractivity contribution in [3.8, 4) is 0 Å². The van der Waals surface area contributed by atoms with Crippen molar-refractivity contribution in [3.05, 3.63) is 65.2 Å². The van der Waals surface area contributed by atoms with Crippen LogP contribution >= 0.6 is 0 Å². The van der Waals surface area contributed by atoms with E-state index in [1.165, 1.54) is 0 Å². The van der Waals surface area contributed by atoms with Crippen molar-refractivity contribution in [2.75, 3.05) is 11.4 Å². The van der Waals surface area contributed by atoms with Crippen molar-refractivity contribution in [2.45, 2.75) is 25.8 Å². The molecule has 0 saturated carbocycles. The fourth-order valence-corrected chi connectivity index (χ4v) is 2.94. The monoisotopic (exact) mass is 280 g/mol. The van der Waals surface area contributed by atoms with E-state index < -0.39 is 0 Å². The average Bonchev–Trinajstić information content (AvgIpc) is 2.66. The SMILES string of the molecule is Cc1cccc(C(=O)N2CCCC(N)c3ccccc32)c1. The fraction of sp³-hybridized carbons (Fsp3) is 0.278. The van der Waals surface area contributed by atoms with Crippen LogP contribution in [0.25, 0.3) is 0 Å². The van der Waals surface area contributed by atoms with Gasteiger partial charge in [0.25, 0.3) is 5.91 Å². The van der Waals surface area contributed by atoms with E-state index in [0.29, 0.717) is 0 Å². The Hall–Kier alpha value is -2.13. The van der Waals surface area contributed by atoms with Gasteiger partial charge >= 0.3 is 0 Å². The normalized spacial score (nSPS) is 18.0. The van der Waals surface area contributed by atoms with Gasteiger partial charge in [-0.3, -0.25) is 4.79 Å². The van der Waals surface area contributed by atoms with E-state index in [1.807, 2.05) is 60.4 Å². The van der Waals surface area contributed by atoms with Crippen molar-refractivity contribution < 1.29 is 4.79 Å². The molecule has 0 bridgehead atoms. The molecule has 3 nitrogen and oxygen atoms in total. The highest BCUT2D eigenvalue weighted by Crippen LogP contribution is 2.32. The van der Waals surface area contributed by atoms with E-state index in [9.17, 15) is 4.79 Å². The van der Waals surface area contributed by atoms with Gasteiger partial charge < -0.3 is 10.6 Å². The summed E-state index contributed by atoms with van der Waals surface area (Å²) in [5, 5.41) is 0. The quantitative estimate of drug-likeness (QED) is 0.869. The van der Waals surface area contributed by atoms with Gasteiger partial charge in [-0.25, -0.2) is 0 Å². The molecule has 0 aromatic heterocycles. The first-order valence-electron chi connectivity index (χ1n) is 7.40. The highest BCUT2D eigenvalue weighted by Gasteiger charge is 2.25. The zero-order valence-electron chi connectivity index (χ0n) is 12.3. The molecule has 2 aromatic carbocycles. The third-order valence-corrected chi connectivity index (χ3v) is 4.03. The van der Waals surface area contributed by atoms with E-state index in [2.05, 4.69) is 0 Å². The van der Waals surface area contributed by atoms with Crippen LogP contribution in [0.1, 0.15) is 40.4 Å². The molecule has 1 atom stereocenters. The van der Waals surface area contributed by atoms with E-state index in [4.69, 9.17) is 5.73 Å². The lowest BCUT2D eigenvalue weighted by Gasteiger charge is -2.23. The summed E-state index contributed by atoms with van der Waals surface area (Å²) >= 11 is 0. The molecule has 0 spiro atoms. The Morgan fingerprint density at radius 1 is 1.19 bits per heavy atom. The largest absolute Gasteiger partial charge is 0.324 e. The van der Waals surface area contributed by atoms with E-state index >= 15 is 0 Å². The predicted octanol–water partition coefficient (Wildman–Crippen LogP) is 3.44. The third-order valence-electron chi connectivity index (χ3n) is 4.03. The van der Waals surface area contributed by atoms with Crippen molar-refractivity contribution in [3.63, 3.8) is 0 Å². The molecule has 0 fully saturated rings. The molecule has 108 valence electrons. The number of nitrogens with zero attached hydrogens (tertiary/aromatic N) is 1. The highest BCUT2D eigenvalue weighted by molar-refractivity contribution is 6.06. The minimum absolute atomic E-state index is 0.0107. The number of benzene rings is 2. The summed E-state index contributed by atoms with van der Waals surface area (Å²) in [4.78, 5) is 14.7. The fourth-order valence-electron chi connectivity index (χ4n) is 2.94. The van der Waals surface area contributed by atoms with Crippen molar-refractivity contribution in [1.29, 1.82) is 0 Å². The van der Waals surface area contributed by atoms with Gasteiger partial charge in [-0.2, -0.15) is 0 Å². The molecule has 3 rings (SSSR count). The van der Waals surface area contributed by atoms with Gasteiger partial charge in [0.05, 0.1) is 0 Å². The number of para-hydroxylation sites is 1. The van der Waals surface area contributed by atoms with Gasteiger partial charge in [-0.15, -0.1) is 0 Å². The summed E-state index contributed by atoms with van der Waals surface area (Å²) in [6, 6.07) is 15.7. The number of rotatable bonds is 1. The summed E-state index contributed by atoms with van der Waals surface area (Å²) in [7, 11) is 0. The predicted molar refractivity (Wildman–Crippen MR) is 85.5 cm³/mol. The maximum Gasteiger partial charge on any atom is 0.258 e. The first-order valence-corrected chi connectivity index (χ1v) is 7.40. The van der Waals surface area contributed by atoms with E-state index in [-0.39, 0.29) is 11.9 Å². The molecule has 21 heavy (non-hydrogen) atoms. The zero-order chi connectivity index (χ0) is 14.8. The molecule has 3 heteroatoms. The minimum Gasteiger partial charge on any atom is -0.324 e. The molecule has 0 aliphatic carbocycles. The smallest absolute Gasteiger partial charge is 0.258 e. The number of nitrogens with two attached hydrogens (primary N) is 1. The van der Waals surface area contributed by atoms with Crippen LogP contribution in [0.4, 0.5) is 5.69 Å². The summed E-state index contributed by atoms with van der Waals surface area (Å²) in [6.45, 7) is 2.72. The zero-order valence-corrected chi connectivity index (χ0v) is 12.3. The van der Waals surface area contributed by atoms with E-state index in [0.717, 1.165) is 41.8 Å². The summed E-state index contributed by atoms with van der Waals surface area (Å²) in [5.41, 5.74) is 10.1. The van der Waals surface area contributed by atoms with Crippen LogP contribution in [0.15, 0.2) is 48.5 Å². The van der Waals surface area contributed by atoms with Crippen LogP contribution in [0, 0.1) is 6.92 Å². The van der Waals surface area contributed by atoms with Crippen LogP contribution in [0.3, 0.4) is 0 Å². The molecule has 0 radical (unpaired) electrons. The lowest BCUT2D eigenvalue weighted by Crippen LogP contribution is -2.31. The van der Waals surface area contributed by atoms with Crippen LogP contribution in [-0.4, -0.2) is 12.5 Å². The van der Waals surface area contributed by atoms with Crippen molar-refractivity contribution in [2.24, 2.45) is 5.73 Å². The molecule has 2 aromatic rings. The van der Waals surface area contributed by atoms with Gasteiger partial charge in [-0.05, 0) is 43.5 Å². The van der Waals surface area contributed by atoms with Crippen LogP contribution in [0.2, 0.25) is 0 Å². The Labute approximate surface area is 125 Å². The summed E-state index contributed by atoms with van der Waals surface area (Å²) < 4.78 is 0. The number of hydrogen-bond acceptors (Lipinski definition) is 2. The highest BCUT2D eigenvalue weighted by atomic mass is 16.2. The van der Waals surface area contributed by atoms with E-state index in [1.54, 1.807) is 0 Å².